The van der Waals surface area contributed by atoms with Crippen molar-refractivity contribution in [2.75, 3.05) is 0 Å². The Hall–Kier alpha value is -1.61. The van der Waals surface area contributed by atoms with Crippen LogP contribution < -0.4 is 0 Å². The summed E-state index contributed by atoms with van der Waals surface area (Å²) < 4.78 is 25.0. The summed E-state index contributed by atoms with van der Waals surface area (Å²) in [7, 11) is -3.27. The molecule has 100 valence electrons. The van der Waals surface area contributed by atoms with Crippen LogP contribution in [0.25, 0.3) is 0 Å². The van der Waals surface area contributed by atoms with Crippen molar-refractivity contribution in [2.45, 2.75) is 30.4 Å². The smallest absolute Gasteiger partial charge is 0.182 e. The molecule has 2 nitrogen and oxygen atoms in total. The van der Waals surface area contributed by atoms with Gasteiger partial charge in [-0.15, -0.1) is 0 Å². The lowest BCUT2D eigenvalue weighted by Gasteiger charge is -2.09. The zero-order valence-corrected chi connectivity index (χ0v) is 11.9. The van der Waals surface area contributed by atoms with Crippen LogP contribution >= 0.6 is 0 Å². The van der Waals surface area contributed by atoms with Gasteiger partial charge in [-0.3, -0.25) is 0 Å². The average Bonchev–Trinajstić information content (AvgIpc) is 2.40. The fraction of sp³-hybridized carbons (Fsp3) is 0.250. The van der Waals surface area contributed by atoms with Crippen LogP contribution in [-0.2, 0) is 22.0 Å². The van der Waals surface area contributed by atoms with E-state index in [4.69, 9.17) is 0 Å². The Bertz CT molecular complexity index is 631. The monoisotopic (exact) mass is 274 g/mol. The van der Waals surface area contributed by atoms with Gasteiger partial charge in [-0.25, -0.2) is 8.42 Å². The van der Waals surface area contributed by atoms with Crippen LogP contribution in [0, 0.1) is 0 Å². The molecule has 3 heteroatoms. The van der Waals surface area contributed by atoms with Crippen molar-refractivity contribution in [2.24, 2.45) is 0 Å². The number of hydrogen-bond acceptors (Lipinski definition) is 2. The summed E-state index contributed by atoms with van der Waals surface area (Å²) in [6, 6.07) is 16.6. The zero-order chi connectivity index (χ0) is 13.7. The summed E-state index contributed by atoms with van der Waals surface area (Å²) >= 11 is 0. The van der Waals surface area contributed by atoms with Gasteiger partial charge in [-0.2, -0.15) is 0 Å². The molecule has 0 spiro atoms. The molecule has 0 aliphatic heterocycles. The lowest BCUT2D eigenvalue weighted by Crippen LogP contribution is -2.08. The molecule has 0 aliphatic carbocycles. The Kier molecular flexibility index (Phi) is 4.38. The minimum Gasteiger partial charge on any atom is -0.223 e. The van der Waals surface area contributed by atoms with E-state index in [-0.39, 0.29) is 5.75 Å². The van der Waals surface area contributed by atoms with Crippen molar-refractivity contribution in [1.82, 2.24) is 0 Å². The third-order valence-corrected chi connectivity index (χ3v) is 4.81. The molecule has 0 aromatic heterocycles. The lowest BCUT2D eigenvalue weighted by atomic mass is 10.1. The van der Waals surface area contributed by atoms with Gasteiger partial charge in [0, 0.05) is 0 Å². The highest BCUT2D eigenvalue weighted by molar-refractivity contribution is 7.90. The quantitative estimate of drug-likeness (QED) is 0.834. The first-order valence-corrected chi connectivity index (χ1v) is 8.13. The maximum atomic E-state index is 12.5. The molecule has 0 unspecified atom stereocenters. The van der Waals surface area contributed by atoms with Gasteiger partial charge in [0.2, 0.25) is 0 Å². The third kappa shape index (κ3) is 3.44. The van der Waals surface area contributed by atoms with E-state index in [1.807, 2.05) is 42.5 Å². The van der Waals surface area contributed by atoms with Crippen LogP contribution in [0.4, 0.5) is 0 Å². The van der Waals surface area contributed by atoms with Crippen molar-refractivity contribution >= 4 is 9.84 Å². The summed E-state index contributed by atoms with van der Waals surface area (Å²) in [4.78, 5) is 0.473. The minimum absolute atomic E-state index is 0.0641. The van der Waals surface area contributed by atoms with E-state index in [0.29, 0.717) is 4.90 Å². The number of benzene rings is 2. The first kappa shape index (κ1) is 13.8. The predicted octanol–water partition coefficient (Wildman–Crippen LogP) is 3.61. The summed E-state index contributed by atoms with van der Waals surface area (Å²) in [6.45, 7) is 2.06. The van der Waals surface area contributed by atoms with Crippen molar-refractivity contribution < 1.29 is 8.42 Å². The summed E-state index contributed by atoms with van der Waals surface area (Å²) in [5.41, 5.74) is 1.75. The molecule has 0 atom stereocenters. The fourth-order valence-corrected chi connectivity index (χ4v) is 3.80. The molecule has 0 saturated heterocycles. The highest BCUT2D eigenvalue weighted by Crippen LogP contribution is 2.21. The first-order valence-electron chi connectivity index (χ1n) is 6.48. The Morgan fingerprint density at radius 2 is 1.53 bits per heavy atom. The summed E-state index contributed by atoms with van der Waals surface area (Å²) in [6.07, 6.45) is 1.74. The Morgan fingerprint density at radius 3 is 2.21 bits per heavy atom. The molecule has 0 bridgehead atoms. The topological polar surface area (TPSA) is 34.1 Å². The SMILES string of the molecule is CCCc1ccccc1S(=O)(=O)Cc1ccccc1. The minimum atomic E-state index is -3.27. The second kappa shape index (κ2) is 6.02. The number of sulfone groups is 1. The van der Waals surface area contributed by atoms with Crippen LogP contribution in [0.5, 0.6) is 0 Å². The maximum absolute atomic E-state index is 12.5. The van der Waals surface area contributed by atoms with E-state index in [2.05, 4.69) is 6.92 Å². The molecule has 0 saturated carbocycles. The van der Waals surface area contributed by atoms with E-state index in [1.165, 1.54) is 0 Å². The zero-order valence-electron chi connectivity index (χ0n) is 11.0. The molecule has 0 N–H and O–H groups in total. The standard InChI is InChI=1S/C16H18O2S/c1-2-8-15-11-6-7-12-16(15)19(17,18)13-14-9-4-3-5-10-14/h3-7,9-12H,2,8,13H2,1H3. The van der Waals surface area contributed by atoms with Crippen LogP contribution in [0.3, 0.4) is 0 Å². The van der Waals surface area contributed by atoms with Gasteiger partial charge < -0.3 is 0 Å². The van der Waals surface area contributed by atoms with Gasteiger partial charge in [0.1, 0.15) is 0 Å². The lowest BCUT2D eigenvalue weighted by molar-refractivity contribution is 0.594. The molecule has 2 aromatic rings. The molecule has 0 aliphatic rings. The van der Waals surface area contributed by atoms with E-state index in [1.54, 1.807) is 12.1 Å². The van der Waals surface area contributed by atoms with E-state index in [9.17, 15) is 8.42 Å². The number of aryl methyl sites for hydroxylation is 1. The average molecular weight is 274 g/mol. The Balaban J connectivity index is 2.35. The second-order valence-corrected chi connectivity index (χ2v) is 6.56. The number of rotatable bonds is 5. The highest BCUT2D eigenvalue weighted by Gasteiger charge is 2.18. The van der Waals surface area contributed by atoms with Gasteiger partial charge in [0.15, 0.2) is 9.84 Å². The van der Waals surface area contributed by atoms with Crippen LogP contribution in [0.2, 0.25) is 0 Å². The van der Waals surface area contributed by atoms with E-state index >= 15 is 0 Å². The molecular formula is C16H18O2S. The normalized spacial score (nSPS) is 11.4. The largest absolute Gasteiger partial charge is 0.223 e. The van der Waals surface area contributed by atoms with Crippen molar-refractivity contribution in [3.8, 4) is 0 Å². The maximum Gasteiger partial charge on any atom is 0.182 e. The van der Waals surface area contributed by atoms with Gasteiger partial charge in [-0.05, 0) is 23.6 Å². The van der Waals surface area contributed by atoms with Gasteiger partial charge >= 0.3 is 0 Å². The second-order valence-electron chi connectivity index (χ2n) is 4.60. The van der Waals surface area contributed by atoms with Crippen molar-refractivity contribution in [1.29, 1.82) is 0 Å². The first-order chi connectivity index (χ1) is 9.13. The van der Waals surface area contributed by atoms with Crippen molar-refractivity contribution in [3.63, 3.8) is 0 Å². The summed E-state index contributed by atoms with van der Waals surface area (Å²) in [5, 5.41) is 0. The predicted molar refractivity (Wildman–Crippen MR) is 77.8 cm³/mol. The molecule has 2 rings (SSSR count). The summed E-state index contributed by atoms with van der Waals surface area (Å²) in [5.74, 6) is 0.0641. The number of hydrogen-bond donors (Lipinski definition) is 0. The van der Waals surface area contributed by atoms with Gasteiger partial charge in [0.05, 0.1) is 10.6 Å². The van der Waals surface area contributed by atoms with E-state index in [0.717, 1.165) is 24.0 Å². The fourth-order valence-electron chi connectivity index (χ4n) is 2.15. The van der Waals surface area contributed by atoms with Gasteiger partial charge in [0.25, 0.3) is 0 Å². The molecule has 0 heterocycles. The van der Waals surface area contributed by atoms with Crippen LogP contribution in [-0.4, -0.2) is 8.42 Å². The molecule has 0 fully saturated rings. The van der Waals surface area contributed by atoms with Crippen LogP contribution in [0.15, 0.2) is 59.5 Å². The van der Waals surface area contributed by atoms with Crippen molar-refractivity contribution in [3.05, 3.63) is 65.7 Å². The molecule has 0 radical (unpaired) electrons. The molecule has 0 amide bonds. The third-order valence-electron chi connectivity index (χ3n) is 3.03. The molecular weight excluding hydrogens is 256 g/mol. The highest BCUT2D eigenvalue weighted by atomic mass is 32.2. The van der Waals surface area contributed by atoms with E-state index < -0.39 is 9.84 Å². The Morgan fingerprint density at radius 1 is 0.895 bits per heavy atom. The van der Waals surface area contributed by atoms with Crippen LogP contribution in [0.1, 0.15) is 24.5 Å². The molecule has 19 heavy (non-hydrogen) atoms. The van der Waals surface area contributed by atoms with Gasteiger partial charge in [-0.1, -0.05) is 61.9 Å². The molecule has 2 aromatic carbocycles. The Labute approximate surface area is 115 Å².